The van der Waals surface area contributed by atoms with Crippen LogP contribution in [-0.4, -0.2) is 49.0 Å². The van der Waals surface area contributed by atoms with Crippen LogP contribution in [0.25, 0.3) is 0 Å². The van der Waals surface area contributed by atoms with Gasteiger partial charge < -0.3 is 19.0 Å². The smallest absolute Gasteiger partial charge is 0.192 e. The molecule has 0 bridgehead atoms. The van der Waals surface area contributed by atoms with Crippen LogP contribution in [0.1, 0.15) is 34.1 Å². The van der Waals surface area contributed by atoms with Gasteiger partial charge in [0.1, 0.15) is 11.7 Å². The van der Waals surface area contributed by atoms with Crippen LogP contribution in [0.4, 0.5) is 0 Å². The van der Waals surface area contributed by atoms with E-state index >= 15 is 0 Å². The van der Waals surface area contributed by atoms with E-state index in [9.17, 15) is 5.11 Å². The monoisotopic (exact) mass is 366 g/mol. The van der Waals surface area contributed by atoms with Gasteiger partial charge in [-0.3, -0.25) is 0 Å². The Kier molecular flexibility index (Phi) is 5.04. The summed E-state index contributed by atoms with van der Waals surface area (Å²) in [7, 11) is -1.72. The SMILES string of the molecule is CC[Si](CC)(CC)O[C@H]1[C@@H](CBr)OC(C)(O)C[C@@]12CO2. The number of hydrogen-bond donors (Lipinski definition) is 1. The Hall–Kier alpha value is 0.537. The molecule has 2 heterocycles. The van der Waals surface area contributed by atoms with E-state index in [-0.39, 0.29) is 17.8 Å². The summed E-state index contributed by atoms with van der Waals surface area (Å²) in [5.41, 5.74) is -0.335. The maximum atomic E-state index is 10.3. The van der Waals surface area contributed by atoms with E-state index in [1.807, 2.05) is 0 Å². The van der Waals surface area contributed by atoms with Crippen molar-refractivity contribution >= 4 is 24.2 Å². The summed E-state index contributed by atoms with van der Waals surface area (Å²) in [6, 6.07) is 3.33. The minimum absolute atomic E-state index is 0.0615. The van der Waals surface area contributed by atoms with Crippen molar-refractivity contribution in [2.24, 2.45) is 0 Å². The lowest BCUT2D eigenvalue weighted by atomic mass is 9.88. The number of hydrogen-bond acceptors (Lipinski definition) is 4. The van der Waals surface area contributed by atoms with Crippen LogP contribution in [0.5, 0.6) is 0 Å². The molecule has 0 aromatic rings. The highest BCUT2D eigenvalue weighted by Gasteiger charge is 2.63. The minimum atomic E-state index is -1.72. The third-order valence-electron chi connectivity index (χ3n) is 4.87. The molecule has 2 fully saturated rings. The molecule has 6 heteroatoms. The van der Waals surface area contributed by atoms with Crippen molar-refractivity contribution in [3.05, 3.63) is 0 Å². The van der Waals surface area contributed by atoms with Crippen molar-refractivity contribution in [1.82, 2.24) is 0 Å². The Balaban J connectivity index is 2.20. The first-order chi connectivity index (χ1) is 9.36. The van der Waals surface area contributed by atoms with Crippen LogP contribution in [0.3, 0.4) is 0 Å². The van der Waals surface area contributed by atoms with E-state index in [1.165, 1.54) is 0 Å². The van der Waals surface area contributed by atoms with Gasteiger partial charge in [-0.05, 0) is 25.1 Å². The Morgan fingerprint density at radius 3 is 2.25 bits per heavy atom. The van der Waals surface area contributed by atoms with Crippen LogP contribution < -0.4 is 0 Å². The summed E-state index contributed by atoms with van der Waals surface area (Å²) in [5.74, 6) is -1.12. The van der Waals surface area contributed by atoms with Crippen LogP contribution in [-0.2, 0) is 13.9 Å². The molecule has 1 unspecified atom stereocenters. The molecule has 0 amide bonds. The van der Waals surface area contributed by atoms with Gasteiger partial charge in [0.05, 0.1) is 12.7 Å². The zero-order valence-corrected chi connectivity index (χ0v) is 15.5. The predicted molar refractivity (Wildman–Crippen MR) is 84.7 cm³/mol. The molecule has 1 N–H and O–H groups in total. The molecule has 2 aliphatic rings. The van der Waals surface area contributed by atoms with Crippen LogP contribution in [0.2, 0.25) is 18.1 Å². The molecule has 0 aromatic heterocycles. The Bertz CT molecular complexity index is 334. The largest absolute Gasteiger partial charge is 0.408 e. The highest BCUT2D eigenvalue weighted by Crippen LogP contribution is 2.48. The van der Waals surface area contributed by atoms with E-state index in [4.69, 9.17) is 13.9 Å². The van der Waals surface area contributed by atoms with Crippen LogP contribution in [0.15, 0.2) is 0 Å². The van der Waals surface area contributed by atoms with Crippen molar-refractivity contribution in [1.29, 1.82) is 0 Å². The van der Waals surface area contributed by atoms with Crippen molar-refractivity contribution in [2.75, 3.05) is 11.9 Å². The average Bonchev–Trinajstić information content (AvgIpc) is 3.17. The molecule has 20 heavy (non-hydrogen) atoms. The summed E-state index contributed by atoms with van der Waals surface area (Å²) in [6.07, 6.45) is 0.280. The fourth-order valence-corrected chi connectivity index (χ4v) is 6.73. The summed E-state index contributed by atoms with van der Waals surface area (Å²) in [6.45, 7) is 9.06. The van der Waals surface area contributed by atoms with E-state index in [0.29, 0.717) is 18.4 Å². The first-order valence-electron chi connectivity index (χ1n) is 7.64. The Morgan fingerprint density at radius 1 is 1.30 bits per heavy atom. The molecule has 2 saturated heterocycles. The first kappa shape index (κ1) is 16.9. The van der Waals surface area contributed by atoms with Gasteiger partial charge in [-0.2, -0.15) is 0 Å². The molecule has 1 spiro atoms. The van der Waals surface area contributed by atoms with Gasteiger partial charge in [-0.15, -0.1) is 0 Å². The standard InChI is InChI=1S/C14H27BrO4Si/c1-5-20(6-2,7-3)19-12-11(8-15)18-13(4,16)9-14(12)10-17-14/h11-12,16H,5-10H2,1-4H3/t11-,12+,13?,14-/m1/s1. The van der Waals surface area contributed by atoms with Crippen molar-refractivity contribution < 1.29 is 19.0 Å². The molecular formula is C14H27BrO4Si. The molecule has 0 saturated carbocycles. The van der Waals surface area contributed by atoms with Crippen molar-refractivity contribution in [2.45, 2.75) is 75.8 Å². The van der Waals surface area contributed by atoms with Gasteiger partial charge in [0.25, 0.3) is 0 Å². The van der Waals surface area contributed by atoms with E-state index < -0.39 is 14.1 Å². The Labute approximate surface area is 131 Å². The first-order valence-corrected chi connectivity index (χ1v) is 11.3. The summed E-state index contributed by atoms with van der Waals surface area (Å²) < 4.78 is 18.2. The van der Waals surface area contributed by atoms with E-state index in [1.54, 1.807) is 6.92 Å². The van der Waals surface area contributed by atoms with E-state index in [0.717, 1.165) is 18.1 Å². The fourth-order valence-electron chi connectivity index (χ4n) is 3.35. The van der Waals surface area contributed by atoms with Crippen molar-refractivity contribution in [3.63, 3.8) is 0 Å². The summed E-state index contributed by atoms with van der Waals surface area (Å²) >= 11 is 3.50. The summed E-state index contributed by atoms with van der Waals surface area (Å²) in [5, 5.41) is 10.9. The third-order valence-corrected chi connectivity index (χ3v) is 10.1. The molecular weight excluding hydrogens is 340 g/mol. The topological polar surface area (TPSA) is 51.2 Å². The van der Waals surface area contributed by atoms with Crippen LogP contribution in [0, 0.1) is 0 Å². The van der Waals surface area contributed by atoms with Gasteiger partial charge >= 0.3 is 0 Å². The summed E-state index contributed by atoms with van der Waals surface area (Å²) in [4.78, 5) is 0. The number of halogens is 1. The number of rotatable bonds is 6. The molecule has 0 radical (unpaired) electrons. The second-order valence-electron chi connectivity index (χ2n) is 6.30. The Morgan fingerprint density at radius 2 is 1.85 bits per heavy atom. The second kappa shape index (κ2) is 5.97. The second-order valence-corrected chi connectivity index (χ2v) is 11.7. The zero-order valence-electron chi connectivity index (χ0n) is 12.9. The fraction of sp³-hybridized carbons (Fsp3) is 1.00. The van der Waals surface area contributed by atoms with E-state index in [2.05, 4.69) is 36.7 Å². The number of epoxide rings is 1. The molecule has 118 valence electrons. The van der Waals surface area contributed by atoms with Crippen LogP contribution >= 0.6 is 15.9 Å². The van der Waals surface area contributed by atoms with Gasteiger partial charge in [0, 0.05) is 11.8 Å². The number of alkyl halides is 1. The number of aliphatic hydroxyl groups is 1. The number of ether oxygens (including phenoxy) is 2. The predicted octanol–water partition coefficient (Wildman–Crippen LogP) is 3.04. The lowest BCUT2D eigenvalue weighted by molar-refractivity contribution is -0.275. The lowest BCUT2D eigenvalue weighted by Gasteiger charge is -2.46. The minimum Gasteiger partial charge on any atom is -0.408 e. The average molecular weight is 367 g/mol. The molecule has 0 aliphatic carbocycles. The molecule has 2 aliphatic heterocycles. The van der Waals surface area contributed by atoms with Crippen molar-refractivity contribution in [3.8, 4) is 0 Å². The quantitative estimate of drug-likeness (QED) is 0.445. The van der Waals surface area contributed by atoms with Gasteiger partial charge in [0.15, 0.2) is 14.1 Å². The highest BCUT2D eigenvalue weighted by atomic mass is 79.9. The van der Waals surface area contributed by atoms with Gasteiger partial charge in [-0.1, -0.05) is 36.7 Å². The maximum absolute atomic E-state index is 10.3. The van der Waals surface area contributed by atoms with Gasteiger partial charge in [0.2, 0.25) is 0 Å². The highest BCUT2D eigenvalue weighted by molar-refractivity contribution is 9.09. The molecule has 4 atom stereocenters. The lowest BCUT2D eigenvalue weighted by Crippen LogP contribution is -2.60. The van der Waals surface area contributed by atoms with Gasteiger partial charge in [-0.25, -0.2) is 0 Å². The molecule has 2 rings (SSSR count). The normalized spacial score (nSPS) is 41.1. The maximum Gasteiger partial charge on any atom is 0.192 e. The third kappa shape index (κ3) is 3.15. The molecule has 0 aromatic carbocycles. The molecule has 4 nitrogen and oxygen atoms in total. The zero-order chi connectivity index (χ0) is 15.0.